The van der Waals surface area contributed by atoms with Gasteiger partial charge in [-0.3, -0.25) is 14.4 Å². The van der Waals surface area contributed by atoms with Crippen LogP contribution >= 0.6 is 0 Å². The van der Waals surface area contributed by atoms with Crippen molar-refractivity contribution in [2.45, 2.75) is 18.9 Å². The molecule has 0 aliphatic carbocycles. The first-order valence-corrected chi connectivity index (χ1v) is 13.6. The lowest BCUT2D eigenvalue weighted by Crippen LogP contribution is -2.27. The van der Waals surface area contributed by atoms with E-state index in [4.69, 9.17) is 4.74 Å². The predicted octanol–water partition coefficient (Wildman–Crippen LogP) is 5.52. The van der Waals surface area contributed by atoms with E-state index in [-0.39, 0.29) is 30.1 Å². The molecule has 1 unspecified atom stereocenters. The molecule has 1 aliphatic heterocycles. The molecule has 0 spiro atoms. The summed E-state index contributed by atoms with van der Waals surface area (Å²) in [5, 5.41) is 6.23. The van der Waals surface area contributed by atoms with Crippen LogP contribution in [0.5, 0.6) is 0 Å². The third kappa shape index (κ3) is 5.19. The highest BCUT2D eigenvalue weighted by atomic mass is 16.5. The minimum Gasteiger partial charge on any atom is -0.469 e. The van der Waals surface area contributed by atoms with Gasteiger partial charge in [-0.05, 0) is 59.2 Å². The number of benzene rings is 4. The molecule has 9 nitrogen and oxygen atoms in total. The second-order valence-corrected chi connectivity index (χ2v) is 10.2. The number of nitrogens with one attached hydrogen (secondary N) is 3. The van der Waals surface area contributed by atoms with Crippen molar-refractivity contribution in [3.8, 4) is 0 Å². The number of hydrogen-bond acceptors (Lipinski definition) is 6. The SMILES string of the molecule is COC(=O)CC1c2ccccc2C(=O)N(C)c2cc(C(=O)NCc3ccc(Nc4nc5ccccc5[nH]4)cc3)ccc21. The number of esters is 1. The number of rotatable bonds is 7. The normalized spacial score (nSPS) is 14.1. The molecule has 6 rings (SSSR count). The number of hydrogen-bond donors (Lipinski definition) is 3. The van der Waals surface area contributed by atoms with E-state index in [2.05, 4.69) is 20.6 Å². The molecule has 9 heteroatoms. The first kappa shape index (κ1) is 26.8. The fraction of sp³-hybridized carbons (Fsp3) is 0.152. The van der Waals surface area contributed by atoms with E-state index in [0.717, 1.165) is 33.4 Å². The van der Waals surface area contributed by atoms with Crippen LogP contribution < -0.4 is 15.5 Å². The van der Waals surface area contributed by atoms with Gasteiger partial charge in [-0.25, -0.2) is 4.98 Å². The Bertz CT molecular complexity index is 1780. The first-order valence-electron chi connectivity index (χ1n) is 13.6. The summed E-state index contributed by atoms with van der Waals surface area (Å²) in [6.45, 7) is 0.325. The monoisotopic (exact) mass is 559 g/mol. The number of amides is 2. The van der Waals surface area contributed by atoms with Crippen molar-refractivity contribution < 1.29 is 19.1 Å². The van der Waals surface area contributed by atoms with Crippen LogP contribution in [0.3, 0.4) is 0 Å². The molecule has 1 atom stereocenters. The maximum Gasteiger partial charge on any atom is 0.306 e. The van der Waals surface area contributed by atoms with E-state index in [1.165, 1.54) is 12.0 Å². The number of H-pyrrole nitrogens is 1. The third-order valence-electron chi connectivity index (χ3n) is 7.56. The molecule has 1 aromatic heterocycles. The average molecular weight is 560 g/mol. The number of aromatic nitrogens is 2. The van der Waals surface area contributed by atoms with E-state index in [0.29, 0.717) is 29.3 Å². The average Bonchev–Trinajstić information content (AvgIpc) is 3.41. The summed E-state index contributed by atoms with van der Waals surface area (Å²) in [7, 11) is 3.03. The maximum atomic E-state index is 13.4. The van der Waals surface area contributed by atoms with E-state index in [1.807, 2.05) is 66.7 Å². The summed E-state index contributed by atoms with van der Waals surface area (Å²) < 4.78 is 4.95. The Morgan fingerprint density at radius 2 is 1.71 bits per heavy atom. The lowest BCUT2D eigenvalue weighted by atomic mass is 9.85. The molecule has 2 amide bonds. The van der Waals surface area contributed by atoms with Crippen LogP contribution in [0.1, 0.15) is 49.7 Å². The molecule has 0 radical (unpaired) electrons. The van der Waals surface area contributed by atoms with Gasteiger partial charge in [0.25, 0.3) is 11.8 Å². The van der Waals surface area contributed by atoms with Gasteiger partial charge in [-0.15, -0.1) is 0 Å². The van der Waals surface area contributed by atoms with E-state index in [1.54, 1.807) is 31.3 Å². The number of carbonyl (C=O) groups is 3. The summed E-state index contributed by atoms with van der Waals surface area (Å²) in [4.78, 5) is 48.2. The third-order valence-corrected chi connectivity index (χ3v) is 7.56. The summed E-state index contributed by atoms with van der Waals surface area (Å²) in [6, 6.07) is 28.1. The number of anilines is 3. The van der Waals surface area contributed by atoms with Crippen molar-refractivity contribution >= 4 is 46.1 Å². The lowest BCUT2D eigenvalue weighted by molar-refractivity contribution is -0.140. The summed E-state index contributed by atoms with van der Waals surface area (Å²) in [5.74, 6) is -0.580. The molecule has 0 saturated heterocycles. The fourth-order valence-corrected chi connectivity index (χ4v) is 5.33. The Morgan fingerprint density at radius 1 is 0.952 bits per heavy atom. The van der Waals surface area contributed by atoms with Crippen LogP contribution in [0.2, 0.25) is 0 Å². The second kappa shape index (κ2) is 11.2. The van der Waals surface area contributed by atoms with Crippen molar-refractivity contribution in [2.75, 3.05) is 24.4 Å². The molecule has 0 fully saturated rings. The van der Waals surface area contributed by atoms with Crippen molar-refractivity contribution in [2.24, 2.45) is 0 Å². The molecule has 210 valence electrons. The topological polar surface area (TPSA) is 116 Å². The number of fused-ring (bicyclic) bond motifs is 3. The van der Waals surface area contributed by atoms with Gasteiger partial charge in [0.15, 0.2) is 0 Å². The minimum absolute atomic E-state index is 0.0778. The number of nitrogens with zero attached hydrogens (tertiary/aromatic N) is 2. The minimum atomic E-state index is -0.388. The van der Waals surface area contributed by atoms with Gasteiger partial charge in [0.05, 0.1) is 24.6 Å². The quantitative estimate of drug-likeness (QED) is 0.226. The zero-order chi connectivity index (χ0) is 29.2. The molecule has 4 aromatic carbocycles. The highest BCUT2D eigenvalue weighted by molar-refractivity contribution is 6.09. The first-order chi connectivity index (χ1) is 20.4. The number of para-hydroxylation sites is 2. The number of ether oxygens (including phenoxy) is 1. The largest absolute Gasteiger partial charge is 0.469 e. The fourth-order valence-electron chi connectivity index (χ4n) is 5.33. The molecule has 5 aromatic rings. The van der Waals surface area contributed by atoms with Gasteiger partial charge in [-0.1, -0.05) is 48.5 Å². The molecule has 0 bridgehead atoms. The molecule has 3 N–H and O–H groups in total. The Balaban J connectivity index is 1.18. The second-order valence-electron chi connectivity index (χ2n) is 10.2. The number of methoxy groups -OCH3 is 1. The van der Waals surface area contributed by atoms with Crippen molar-refractivity contribution in [3.05, 3.63) is 119 Å². The van der Waals surface area contributed by atoms with Gasteiger partial charge >= 0.3 is 5.97 Å². The van der Waals surface area contributed by atoms with Gasteiger partial charge in [0.2, 0.25) is 5.95 Å². The Morgan fingerprint density at radius 3 is 2.50 bits per heavy atom. The van der Waals surface area contributed by atoms with Gasteiger partial charge < -0.3 is 25.3 Å². The number of aromatic amines is 1. The highest BCUT2D eigenvalue weighted by Gasteiger charge is 2.32. The molecular weight excluding hydrogens is 530 g/mol. The van der Waals surface area contributed by atoms with Gasteiger partial charge in [-0.2, -0.15) is 0 Å². The maximum absolute atomic E-state index is 13.4. The van der Waals surface area contributed by atoms with Gasteiger partial charge in [0.1, 0.15) is 0 Å². The van der Waals surface area contributed by atoms with Crippen LogP contribution in [0.15, 0.2) is 91.0 Å². The Kier molecular flexibility index (Phi) is 7.14. The predicted molar refractivity (Wildman–Crippen MR) is 161 cm³/mol. The highest BCUT2D eigenvalue weighted by Crippen LogP contribution is 2.40. The van der Waals surface area contributed by atoms with E-state index in [9.17, 15) is 14.4 Å². The van der Waals surface area contributed by atoms with Crippen LogP contribution in [0.25, 0.3) is 11.0 Å². The Labute approximate surface area is 242 Å². The summed E-state index contributed by atoms with van der Waals surface area (Å²) in [5.41, 5.74) is 6.69. The number of imidazole rings is 1. The molecule has 1 aliphatic rings. The zero-order valence-electron chi connectivity index (χ0n) is 23.2. The lowest BCUT2D eigenvalue weighted by Gasteiger charge is -2.21. The van der Waals surface area contributed by atoms with Crippen molar-refractivity contribution in [1.29, 1.82) is 0 Å². The summed E-state index contributed by atoms with van der Waals surface area (Å²) in [6.07, 6.45) is 0.0778. The van der Waals surface area contributed by atoms with Crippen LogP contribution in [-0.2, 0) is 16.1 Å². The van der Waals surface area contributed by atoms with E-state index >= 15 is 0 Å². The number of carbonyl (C=O) groups excluding carboxylic acids is 3. The Hall–Kier alpha value is -5.44. The smallest absolute Gasteiger partial charge is 0.306 e. The van der Waals surface area contributed by atoms with Crippen LogP contribution in [0, 0.1) is 0 Å². The van der Waals surface area contributed by atoms with Crippen molar-refractivity contribution in [1.82, 2.24) is 15.3 Å². The van der Waals surface area contributed by atoms with Crippen LogP contribution in [0.4, 0.5) is 17.3 Å². The molecule has 0 saturated carbocycles. The van der Waals surface area contributed by atoms with E-state index < -0.39 is 0 Å². The molecule has 2 heterocycles. The standard InChI is InChI=1S/C33H29N5O4/c1-38-29-17-21(13-16-24(29)26(18-30(39)42-2)23-7-3-4-8-25(23)32(38)41)31(40)34-19-20-11-14-22(15-12-20)35-33-36-27-9-5-6-10-28(27)37-33/h3-17,26H,18-19H2,1-2H3,(H,34,40)(H2,35,36,37). The zero-order valence-corrected chi connectivity index (χ0v) is 23.2. The van der Waals surface area contributed by atoms with Gasteiger partial charge in [0, 0.05) is 42.0 Å². The summed E-state index contributed by atoms with van der Waals surface area (Å²) >= 11 is 0. The van der Waals surface area contributed by atoms with Crippen LogP contribution in [-0.4, -0.2) is 41.9 Å². The van der Waals surface area contributed by atoms with Crippen molar-refractivity contribution in [3.63, 3.8) is 0 Å². The molecule has 42 heavy (non-hydrogen) atoms. The molecular formula is C33H29N5O4.